The number of benzene rings is 2. The topological polar surface area (TPSA) is 83.2 Å². The summed E-state index contributed by atoms with van der Waals surface area (Å²) in [5, 5.41) is 18.9. The number of nitriles is 1. The molecule has 33 heavy (non-hydrogen) atoms. The van der Waals surface area contributed by atoms with Gasteiger partial charge in [-0.2, -0.15) is 18.4 Å². The number of carboxylic acid groups (broad SMARTS) is 1. The summed E-state index contributed by atoms with van der Waals surface area (Å²) in [7, 11) is 0. The van der Waals surface area contributed by atoms with Crippen LogP contribution in [0.15, 0.2) is 60.8 Å². The van der Waals surface area contributed by atoms with Crippen molar-refractivity contribution in [3.05, 3.63) is 83.0 Å². The zero-order valence-electron chi connectivity index (χ0n) is 18.0. The first-order chi connectivity index (χ1) is 15.5. The Morgan fingerprint density at radius 1 is 1.12 bits per heavy atom. The maximum absolute atomic E-state index is 13.3. The first-order valence-corrected chi connectivity index (χ1v) is 10.0. The summed E-state index contributed by atoms with van der Waals surface area (Å²) in [4.78, 5) is 15.6. The molecule has 3 rings (SSSR count). The molecule has 8 heteroatoms. The third-order valence-corrected chi connectivity index (χ3v) is 5.02. The Hall–Kier alpha value is -3.86. The zero-order valence-corrected chi connectivity index (χ0v) is 18.0. The molecule has 0 spiro atoms. The lowest BCUT2D eigenvalue weighted by Crippen LogP contribution is -2.25. The quantitative estimate of drug-likeness (QED) is 0.475. The predicted molar refractivity (Wildman–Crippen MR) is 116 cm³/mol. The molecule has 0 fully saturated rings. The lowest BCUT2D eigenvalue weighted by molar-refractivity contribution is -0.138. The number of carboxylic acids is 1. The van der Waals surface area contributed by atoms with Crippen molar-refractivity contribution in [2.24, 2.45) is 5.41 Å². The van der Waals surface area contributed by atoms with E-state index in [1.165, 1.54) is 42.6 Å². The largest absolute Gasteiger partial charge is 0.492 e. The number of ether oxygens (including phenoxy) is 1. The number of hydrogen-bond acceptors (Lipinski definition) is 4. The normalized spacial score (nSPS) is 11.6. The minimum Gasteiger partial charge on any atom is -0.492 e. The molecular formula is C25H21F3N2O3. The van der Waals surface area contributed by atoms with Gasteiger partial charge in [-0.1, -0.05) is 32.0 Å². The lowest BCUT2D eigenvalue weighted by atomic mass is 9.85. The van der Waals surface area contributed by atoms with Crippen molar-refractivity contribution in [1.82, 2.24) is 4.98 Å². The predicted octanol–water partition coefficient (Wildman–Crippen LogP) is 5.98. The van der Waals surface area contributed by atoms with E-state index in [1.807, 2.05) is 6.07 Å². The minimum absolute atomic E-state index is 0.000443. The third-order valence-electron chi connectivity index (χ3n) is 5.02. The highest BCUT2D eigenvalue weighted by Gasteiger charge is 2.34. The molecular weight excluding hydrogens is 433 g/mol. The summed E-state index contributed by atoms with van der Waals surface area (Å²) >= 11 is 0. The van der Waals surface area contributed by atoms with Gasteiger partial charge in [-0.15, -0.1) is 0 Å². The summed E-state index contributed by atoms with van der Waals surface area (Å²) in [5.74, 6) is -0.885. The molecule has 2 aromatic carbocycles. The van der Waals surface area contributed by atoms with E-state index in [0.717, 1.165) is 6.07 Å². The Morgan fingerprint density at radius 2 is 1.85 bits per heavy atom. The molecule has 0 saturated carbocycles. The fourth-order valence-electron chi connectivity index (χ4n) is 3.49. The standard InChI is InChI=1S/C25H21F3N2O3/c1-24(2,13-17-6-3-4-8-20(17)25(26,27)28)15-33-21-10-9-16(12-18(21)14-29)22-19(23(31)32)7-5-11-30-22/h3-12H,13,15H2,1-2H3,(H,31,32). The van der Waals surface area contributed by atoms with Gasteiger partial charge in [-0.3, -0.25) is 4.98 Å². The molecule has 5 nitrogen and oxygen atoms in total. The number of carbonyl (C=O) groups is 1. The summed E-state index contributed by atoms with van der Waals surface area (Å²) < 4.78 is 45.8. The van der Waals surface area contributed by atoms with Gasteiger partial charge in [-0.25, -0.2) is 4.79 Å². The molecule has 0 aliphatic heterocycles. The second kappa shape index (κ2) is 9.33. The van der Waals surface area contributed by atoms with E-state index in [1.54, 1.807) is 26.0 Å². The number of rotatable bonds is 7. The van der Waals surface area contributed by atoms with E-state index < -0.39 is 23.1 Å². The van der Waals surface area contributed by atoms with Crippen LogP contribution in [-0.4, -0.2) is 22.7 Å². The van der Waals surface area contributed by atoms with Gasteiger partial charge < -0.3 is 9.84 Å². The average molecular weight is 454 g/mol. The average Bonchev–Trinajstić information content (AvgIpc) is 2.77. The lowest BCUT2D eigenvalue weighted by Gasteiger charge is -2.26. The smallest absolute Gasteiger partial charge is 0.416 e. The van der Waals surface area contributed by atoms with Crippen molar-refractivity contribution in [3.8, 4) is 23.1 Å². The number of hydrogen-bond donors (Lipinski definition) is 1. The number of pyridine rings is 1. The first-order valence-electron chi connectivity index (χ1n) is 10.0. The van der Waals surface area contributed by atoms with E-state index >= 15 is 0 Å². The molecule has 1 aromatic heterocycles. The molecule has 1 N–H and O–H groups in total. The van der Waals surface area contributed by atoms with Crippen molar-refractivity contribution >= 4 is 5.97 Å². The molecule has 0 aliphatic rings. The fourth-order valence-corrected chi connectivity index (χ4v) is 3.49. The van der Waals surface area contributed by atoms with Crippen molar-refractivity contribution in [1.29, 1.82) is 5.26 Å². The van der Waals surface area contributed by atoms with Crippen molar-refractivity contribution in [2.45, 2.75) is 26.4 Å². The van der Waals surface area contributed by atoms with Gasteiger partial charge in [-0.05, 0) is 48.4 Å². The van der Waals surface area contributed by atoms with E-state index in [0.29, 0.717) is 5.56 Å². The number of halogens is 3. The molecule has 0 bridgehead atoms. The maximum atomic E-state index is 13.3. The SMILES string of the molecule is CC(C)(COc1ccc(-c2ncccc2C(=O)O)cc1C#N)Cc1ccccc1C(F)(F)F. The van der Waals surface area contributed by atoms with Gasteiger partial charge in [0.05, 0.1) is 29.0 Å². The van der Waals surface area contributed by atoms with Crippen LogP contribution < -0.4 is 4.74 Å². The summed E-state index contributed by atoms with van der Waals surface area (Å²) in [6.07, 6.45) is -2.87. The second-order valence-corrected chi connectivity index (χ2v) is 8.31. The van der Waals surface area contributed by atoms with Crippen LogP contribution in [0.2, 0.25) is 0 Å². The summed E-state index contributed by atoms with van der Waals surface area (Å²) in [6.45, 7) is 3.64. The fraction of sp³-hybridized carbons (Fsp3) is 0.240. The molecule has 0 radical (unpaired) electrons. The van der Waals surface area contributed by atoms with E-state index in [2.05, 4.69) is 4.98 Å². The van der Waals surface area contributed by atoms with Crippen LogP contribution in [0.3, 0.4) is 0 Å². The third kappa shape index (κ3) is 5.69. The van der Waals surface area contributed by atoms with E-state index in [9.17, 15) is 28.3 Å². The number of alkyl halides is 3. The van der Waals surface area contributed by atoms with Crippen molar-refractivity contribution < 1.29 is 27.8 Å². The second-order valence-electron chi connectivity index (χ2n) is 8.31. The Kier molecular flexibility index (Phi) is 6.73. The molecule has 170 valence electrons. The summed E-state index contributed by atoms with van der Waals surface area (Å²) in [5.41, 5.74) is -0.340. The van der Waals surface area contributed by atoms with Crippen LogP contribution in [0.25, 0.3) is 11.3 Å². The molecule has 3 aromatic rings. The van der Waals surface area contributed by atoms with Crippen molar-refractivity contribution in [2.75, 3.05) is 6.61 Å². The molecule has 0 aliphatic carbocycles. The van der Waals surface area contributed by atoms with Gasteiger partial charge >= 0.3 is 12.1 Å². The molecule has 0 unspecified atom stereocenters. The van der Waals surface area contributed by atoms with Crippen LogP contribution in [0, 0.1) is 16.7 Å². The van der Waals surface area contributed by atoms with Gasteiger partial charge in [0.2, 0.25) is 0 Å². The highest BCUT2D eigenvalue weighted by atomic mass is 19.4. The number of aromatic carboxylic acids is 1. The molecule has 0 atom stereocenters. The van der Waals surface area contributed by atoms with Gasteiger partial charge in [0.15, 0.2) is 0 Å². The van der Waals surface area contributed by atoms with Gasteiger partial charge in [0.25, 0.3) is 0 Å². The highest BCUT2D eigenvalue weighted by Crippen LogP contribution is 2.35. The molecule has 1 heterocycles. The highest BCUT2D eigenvalue weighted by molar-refractivity contribution is 5.94. The van der Waals surface area contributed by atoms with Gasteiger partial charge in [0, 0.05) is 17.2 Å². The van der Waals surface area contributed by atoms with Crippen molar-refractivity contribution in [3.63, 3.8) is 0 Å². The number of nitrogens with zero attached hydrogens (tertiary/aromatic N) is 2. The first kappa shape index (κ1) is 23.8. The van der Waals surface area contributed by atoms with Crippen LogP contribution in [-0.2, 0) is 12.6 Å². The van der Waals surface area contributed by atoms with E-state index in [-0.39, 0.29) is 41.2 Å². The molecule has 0 saturated heterocycles. The monoisotopic (exact) mass is 454 g/mol. The summed E-state index contributed by atoms with van der Waals surface area (Å²) in [6, 6.07) is 15.0. The van der Waals surface area contributed by atoms with Crippen LogP contribution in [0.1, 0.15) is 40.9 Å². The zero-order chi connectivity index (χ0) is 24.2. The Balaban J connectivity index is 1.81. The minimum atomic E-state index is -4.45. The van der Waals surface area contributed by atoms with E-state index in [4.69, 9.17) is 4.74 Å². The Morgan fingerprint density at radius 3 is 2.52 bits per heavy atom. The van der Waals surface area contributed by atoms with Crippen LogP contribution in [0.5, 0.6) is 5.75 Å². The number of aromatic nitrogens is 1. The van der Waals surface area contributed by atoms with Gasteiger partial charge in [0.1, 0.15) is 11.8 Å². The Labute approximate surface area is 189 Å². The van der Waals surface area contributed by atoms with Crippen LogP contribution in [0.4, 0.5) is 13.2 Å². The Bertz CT molecular complexity index is 1210. The molecule has 0 amide bonds. The van der Waals surface area contributed by atoms with Crippen LogP contribution >= 0.6 is 0 Å². The maximum Gasteiger partial charge on any atom is 0.416 e.